The van der Waals surface area contributed by atoms with Gasteiger partial charge in [0.25, 0.3) is 16.1 Å². The number of hydrazone groups is 1. The molecule has 0 aromatic heterocycles. The highest BCUT2D eigenvalue weighted by molar-refractivity contribution is 7.87. The van der Waals surface area contributed by atoms with Crippen molar-refractivity contribution in [2.75, 3.05) is 27.7 Å². The molecule has 0 heterocycles. The molecule has 1 aromatic carbocycles. The van der Waals surface area contributed by atoms with Gasteiger partial charge in [0.15, 0.2) is 0 Å². The van der Waals surface area contributed by atoms with Crippen molar-refractivity contribution >= 4 is 22.3 Å². The molecule has 9 heteroatoms. The number of carbonyl (C=O) groups is 1. The van der Waals surface area contributed by atoms with Gasteiger partial charge >= 0.3 is 0 Å². The van der Waals surface area contributed by atoms with Gasteiger partial charge in [-0.05, 0) is 17.7 Å². The van der Waals surface area contributed by atoms with E-state index in [0.717, 1.165) is 9.87 Å². The summed E-state index contributed by atoms with van der Waals surface area (Å²) in [6.45, 7) is -0.393. The van der Waals surface area contributed by atoms with Crippen LogP contribution in [0.1, 0.15) is 5.56 Å². The van der Waals surface area contributed by atoms with Gasteiger partial charge in [-0.25, -0.2) is 5.43 Å². The molecule has 8 nitrogen and oxygen atoms in total. The summed E-state index contributed by atoms with van der Waals surface area (Å²) in [6.07, 6.45) is 1.43. The summed E-state index contributed by atoms with van der Waals surface area (Å²) in [4.78, 5) is 11.4. The average molecular weight is 314 g/mol. The van der Waals surface area contributed by atoms with Crippen molar-refractivity contribution in [3.63, 3.8) is 0 Å². The Morgan fingerprint density at radius 2 is 2.14 bits per heavy atom. The van der Waals surface area contributed by atoms with E-state index in [9.17, 15) is 13.2 Å². The lowest BCUT2D eigenvalue weighted by Gasteiger charge is -2.11. The standard InChI is InChI=1S/C12H18N4O4S/c1-16(2)21(18,19)14-9-12(17)15-13-8-10-5-4-6-11(7-10)20-3/h4-8,14H,9H2,1-3H3,(H,15,17)/b13-8-. The van der Waals surface area contributed by atoms with E-state index in [1.54, 1.807) is 31.4 Å². The highest BCUT2D eigenvalue weighted by atomic mass is 32.2. The molecule has 21 heavy (non-hydrogen) atoms. The van der Waals surface area contributed by atoms with Crippen molar-refractivity contribution in [2.45, 2.75) is 0 Å². The van der Waals surface area contributed by atoms with Crippen LogP contribution >= 0.6 is 0 Å². The quantitative estimate of drug-likeness (QED) is 0.525. The first-order valence-electron chi connectivity index (χ1n) is 5.98. The Morgan fingerprint density at radius 3 is 2.76 bits per heavy atom. The molecule has 0 unspecified atom stereocenters. The van der Waals surface area contributed by atoms with Crippen LogP contribution in [0.25, 0.3) is 0 Å². The molecule has 0 fully saturated rings. The number of nitrogens with one attached hydrogen (secondary N) is 2. The third kappa shape index (κ3) is 5.90. The van der Waals surface area contributed by atoms with Gasteiger partial charge in [0, 0.05) is 14.1 Å². The van der Waals surface area contributed by atoms with Crippen molar-refractivity contribution < 1.29 is 17.9 Å². The molecule has 1 rings (SSSR count). The molecule has 0 aliphatic heterocycles. The monoisotopic (exact) mass is 314 g/mol. The summed E-state index contributed by atoms with van der Waals surface area (Å²) in [5, 5.41) is 3.73. The van der Waals surface area contributed by atoms with E-state index in [2.05, 4.69) is 15.2 Å². The van der Waals surface area contributed by atoms with E-state index in [4.69, 9.17) is 4.74 Å². The maximum atomic E-state index is 11.4. The van der Waals surface area contributed by atoms with Crippen LogP contribution in [0.4, 0.5) is 0 Å². The van der Waals surface area contributed by atoms with E-state index >= 15 is 0 Å². The third-order valence-corrected chi connectivity index (χ3v) is 3.86. The smallest absolute Gasteiger partial charge is 0.279 e. The molecule has 0 radical (unpaired) electrons. The van der Waals surface area contributed by atoms with Gasteiger partial charge in [-0.2, -0.15) is 22.5 Å². The predicted octanol–water partition coefficient (Wildman–Crippen LogP) is -0.459. The van der Waals surface area contributed by atoms with Crippen molar-refractivity contribution in [3.8, 4) is 5.75 Å². The molecule has 0 spiro atoms. The second-order valence-corrected chi connectivity index (χ2v) is 6.15. The Morgan fingerprint density at radius 1 is 1.43 bits per heavy atom. The van der Waals surface area contributed by atoms with Crippen LogP contribution in [0.3, 0.4) is 0 Å². The zero-order valence-corrected chi connectivity index (χ0v) is 12.8. The first-order chi connectivity index (χ1) is 9.85. The summed E-state index contributed by atoms with van der Waals surface area (Å²) in [7, 11) is 0.650. The molecule has 0 bridgehead atoms. The molecular formula is C12H18N4O4S. The summed E-state index contributed by atoms with van der Waals surface area (Å²) < 4.78 is 30.9. The number of hydrogen-bond acceptors (Lipinski definition) is 5. The molecule has 0 atom stereocenters. The molecule has 116 valence electrons. The largest absolute Gasteiger partial charge is 0.497 e. The van der Waals surface area contributed by atoms with Gasteiger partial charge in [0.1, 0.15) is 5.75 Å². The lowest BCUT2D eigenvalue weighted by atomic mass is 10.2. The third-order valence-electron chi connectivity index (χ3n) is 2.39. The highest BCUT2D eigenvalue weighted by Gasteiger charge is 2.13. The van der Waals surface area contributed by atoms with Crippen molar-refractivity contribution in [1.82, 2.24) is 14.5 Å². The lowest BCUT2D eigenvalue weighted by molar-refractivity contribution is -0.119. The number of hydrogen-bond donors (Lipinski definition) is 2. The van der Waals surface area contributed by atoms with Crippen LogP contribution < -0.4 is 14.9 Å². The lowest BCUT2D eigenvalue weighted by Crippen LogP contribution is -2.41. The van der Waals surface area contributed by atoms with Crippen LogP contribution in [0.15, 0.2) is 29.4 Å². The van der Waals surface area contributed by atoms with E-state index in [0.29, 0.717) is 5.75 Å². The maximum Gasteiger partial charge on any atom is 0.279 e. The number of carbonyl (C=O) groups excluding carboxylic acids is 1. The summed E-state index contributed by atoms with van der Waals surface area (Å²) in [5.41, 5.74) is 2.96. The zero-order valence-electron chi connectivity index (χ0n) is 12.0. The summed E-state index contributed by atoms with van der Waals surface area (Å²) in [5.74, 6) is 0.101. The number of ether oxygens (including phenoxy) is 1. The first-order valence-corrected chi connectivity index (χ1v) is 7.42. The normalized spacial score (nSPS) is 11.8. The number of amides is 1. The minimum atomic E-state index is -3.63. The van der Waals surface area contributed by atoms with Crippen molar-refractivity contribution in [3.05, 3.63) is 29.8 Å². The molecule has 1 amide bonds. The van der Waals surface area contributed by atoms with Crippen LogP contribution in [-0.2, 0) is 15.0 Å². The molecule has 0 aliphatic rings. The number of methoxy groups -OCH3 is 1. The van der Waals surface area contributed by atoms with Crippen molar-refractivity contribution in [1.29, 1.82) is 0 Å². The average Bonchev–Trinajstić information content (AvgIpc) is 2.45. The molecule has 1 aromatic rings. The summed E-state index contributed by atoms with van der Waals surface area (Å²) in [6, 6.07) is 7.09. The van der Waals surface area contributed by atoms with Gasteiger partial charge in [-0.3, -0.25) is 4.79 Å². The van der Waals surface area contributed by atoms with E-state index in [1.807, 2.05) is 0 Å². The van der Waals surface area contributed by atoms with Crippen molar-refractivity contribution in [2.24, 2.45) is 5.10 Å². The molecular weight excluding hydrogens is 296 g/mol. The van der Waals surface area contributed by atoms with E-state index < -0.39 is 22.7 Å². The Kier molecular flexibility index (Phi) is 6.28. The topological polar surface area (TPSA) is 100 Å². The number of rotatable bonds is 7. The molecule has 0 saturated heterocycles. The van der Waals surface area contributed by atoms with Gasteiger partial charge in [-0.15, -0.1) is 0 Å². The van der Waals surface area contributed by atoms with E-state index in [-0.39, 0.29) is 0 Å². The molecule has 0 saturated carbocycles. The second kappa shape index (κ2) is 7.72. The van der Waals surface area contributed by atoms with E-state index in [1.165, 1.54) is 20.3 Å². The number of benzene rings is 1. The number of nitrogens with zero attached hydrogens (tertiary/aromatic N) is 2. The van der Waals surface area contributed by atoms with Crippen LogP contribution in [0, 0.1) is 0 Å². The predicted molar refractivity (Wildman–Crippen MR) is 79.3 cm³/mol. The minimum absolute atomic E-state index is 0.393. The summed E-state index contributed by atoms with van der Waals surface area (Å²) >= 11 is 0. The Labute approximate surface area is 124 Å². The van der Waals surface area contributed by atoms with Crippen LogP contribution in [-0.4, -0.2) is 52.6 Å². The molecule has 2 N–H and O–H groups in total. The SMILES string of the molecule is COc1cccc(/C=N\NC(=O)CNS(=O)(=O)N(C)C)c1. The Bertz CT molecular complexity index is 613. The Balaban J connectivity index is 2.47. The second-order valence-electron chi connectivity index (χ2n) is 4.18. The maximum absolute atomic E-state index is 11.4. The fourth-order valence-corrected chi connectivity index (χ4v) is 1.80. The fourth-order valence-electron chi connectivity index (χ4n) is 1.23. The van der Waals surface area contributed by atoms with Gasteiger partial charge in [0.05, 0.1) is 19.9 Å². The zero-order chi connectivity index (χ0) is 15.9. The highest BCUT2D eigenvalue weighted by Crippen LogP contribution is 2.10. The van der Waals surface area contributed by atoms with Crippen LogP contribution in [0.5, 0.6) is 5.75 Å². The Hall–Kier alpha value is -1.97. The first kappa shape index (κ1) is 17.1. The molecule has 0 aliphatic carbocycles. The minimum Gasteiger partial charge on any atom is -0.497 e. The van der Waals surface area contributed by atoms with Gasteiger partial charge in [-0.1, -0.05) is 12.1 Å². The fraction of sp³-hybridized carbons (Fsp3) is 0.333. The van der Waals surface area contributed by atoms with Gasteiger partial charge < -0.3 is 4.74 Å². The van der Waals surface area contributed by atoms with Gasteiger partial charge in [0.2, 0.25) is 0 Å². The van der Waals surface area contributed by atoms with Crippen LogP contribution in [0.2, 0.25) is 0 Å².